The van der Waals surface area contributed by atoms with Crippen molar-refractivity contribution >= 4 is 40.9 Å². The van der Waals surface area contributed by atoms with Crippen molar-refractivity contribution in [2.75, 3.05) is 11.1 Å². The maximum atomic E-state index is 14.1. The molecule has 0 aliphatic rings. The number of amides is 2. The van der Waals surface area contributed by atoms with E-state index in [0.29, 0.717) is 5.69 Å². The van der Waals surface area contributed by atoms with Gasteiger partial charge in [0.1, 0.15) is 17.5 Å². The lowest BCUT2D eigenvalue weighted by molar-refractivity contribution is -0.113. The number of para-hydroxylation sites is 1. The van der Waals surface area contributed by atoms with Gasteiger partial charge < -0.3 is 10.6 Å². The zero-order chi connectivity index (χ0) is 25.7. The van der Waals surface area contributed by atoms with Crippen LogP contribution in [0.1, 0.15) is 16.2 Å². The van der Waals surface area contributed by atoms with Crippen LogP contribution in [0, 0.1) is 17.5 Å². The Hall–Kier alpha value is -3.83. The van der Waals surface area contributed by atoms with Crippen molar-refractivity contribution in [2.45, 2.75) is 11.7 Å². The third kappa shape index (κ3) is 5.86. The van der Waals surface area contributed by atoms with Crippen LogP contribution in [0.25, 0.3) is 5.69 Å². The average Bonchev–Trinajstić information content (AvgIpc) is 3.26. The first kappa shape index (κ1) is 25.3. The number of thioether (sulfide) groups is 1. The van der Waals surface area contributed by atoms with E-state index in [1.165, 1.54) is 59.2 Å². The van der Waals surface area contributed by atoms with E-state index in [1.54, 1.807) is 6.07 Å². The summed E-state index contributed by atoms with van der Waals surface area (Å²) in [5.74, 6) is -2.96. The third-order valence-electron chi connectivity index (χ3n) is 4.86. The number of anilines is 1. The Kier molecular flexibility index (Phi) is 7.91. The first-order chi connectivity index (χ1) is 17.3. The predicted octanol–water partition coefficient (Wildman–Crippen LogP) is 5.00. The van der Waals surface area contributed by atoms with Gasteiger partial charge in [-0.3, -0.25) is 14.2 Å². The standard InChI is InChI=1S/C24H17ClF3N5O2S/c25-16-4-3-6-18(28)22(16)23(35)29-12-20-31-32-24(33(20)15-10-8-14(26)9-11-15)36-13-21(34)30-19-7-2-1-5-17(19)27/h1-11H,12-13H2,(H,29,35)(H,30,34). The normalized spacial score (nSPS) is 10.8. The molecule has 2 N–H and O–H groups in total. The zero-order valence-corrected chi connectivity index (χ0v) is 19.9. The van der Waals surface area contributed by atoms with E-state index in [0.717, 1.165) is 17.8 Å². The van der Waals surface area contributed by atoms with Gasteiger partial charge >= 0.3 is 0 Å². The van der Waals surface area contributed by atoms with E-state index in [9.17, 15) is 22.8 Å². The van der Waals surface area contributed by atoms with Crippen LogP contribution in [-0.2, 0) is 11.3 Å². The van der Waals surface area contributed by atoms with Crippen LogP contribution in [0.4, 0.5) is 18.9 Å². The second-order valence-electron chi connectivity index (χ2n) is 7.31. The first-order valence-electron chi connectivity index (χ1n) is 10.4. The van der Waals surface area contributed by atoms with Crippen molar-refractivity contribution in [1.82, 2.24) is 20.1 Å². The summed E-state index contributed by atoms with van der Waals surface area (Å²) in [4.78, 5) is 24.9. The maximum Gasteiger partial charge on any atom is 0.256 e. The summed E-state index contributed by atoms with van der Waals surface area (Å²) in [5, 5.41) is 13.4. The van der Waals surface area contributed by atoms with Gasteiger partial charge in [0.15, 0.2) is 11.0 Å². The Bertz CT molecular complexity index is 1400. The highest BCUT2D eigenvalue weighted by Crippen LogP contribution is 2.24. The molecule has 12 heteroatoms. The number of carbonyl (C=O) groups is 2. The highest BCUT2D eigenvalue weighted by Gasteiger charge is 2.20. The van der Waals surface area contributed by atoms with Crippen molar-refractivity contribution in [3.63, 3.8) is 0 Å². The lowest BCUT2D eigenvalue weighted by atomic mass is 10.2. The Morgan fingerprint density at radius 1 is 0.917 bits per heavy atom. The Morgan fingerprint density at radius 2 is 1.64 bits per heavy atom. The van der Waals surface area contributed by atoms with E-state index in [1.807, 2.05) is 0 Å². The molecule has 7 nitrogen and oxygen atoms in total. The van der Waals surface area contributed by atoms with Gasteiger partial charge in [-0.15, -0.1) is 10.2 Å². The number of aromatic nitrogens is 3. The molecular formula is C24H17ClF3N5O2S. The molecule has 0 aliphatic heterocycles. The summed E-state index contributed by atoms with van der Waals surface area (Å²) in [6.45, 7) is -0.171. The average molecular weight is 532 g/mol. The molecule has 0 spiro atoms. The lowest BCUT2D eigenvalue weighted by Crippen LogP contribution is -2.26. The molecule has 0 bridgehead atoms. The minimum absolute atomic E-state index is 0.0401. The molecule has 0 saturated carbocycles. The van der Waals surface area contributed by atoms with E-state index in [-0.39, 0.29) is 39.6 Å². The highest BCUT2D eigenvalue weighted by atomic mass is 35.5. The van der Waals surface area contributed by atoms with Gasteiger partial charge in [-0.2, -0.15) is 0 Å². The number of benzene rings is 3. The number of carbonyl (C=O) groups excluding carboxylic acids is 2. The molecule has 184 valence electrons. The van der Waals surface area contributed by atoms with Gasteiger partial charge in [0.05, 0.1) is 28.6 Å². The summed E-state index contributed by atoms with van der Waals surface area (Å²) < 4.78 is 42.9. The fourth-order valence-electron chi connectivity index (χ4n) is 3.20. The van der Waals surface area contributed by atoms with E-state index < -0.39 is 29.3 Å². The van der Waals surface area contributed by atoms with Crippen LogP contribution in [0.15, 0.2) is 71.9 Å². The van der Waals surface area contributed by atoms with Crippen molar-refractivity contribution in [2.24, 2.45) is 0 Å². The largest absolute Gasteiger partial charge is 0.345 e. The second-order valence-corrected chi connectivity index (χ2v) is 8.66. The molecule has 0 unspecified atom stereocenters. The monoisotopic (exact) mass is 531 g/mol. The van der Waals surface area contributed by atoms with Crippen molar-refractivity contribution in [3.8, 4) is 5.69 Å². The Balaban J connectivity index is 1.53. The fraction of sp³-hybridized carbons (Fsp3) is 0.0833. The molecule has 4 aromatic rings. The third-order valence-corrected chi connectivity index (χ3v) is 6.11. The highest BCUT2D eigenvalue weighted by molar-refractivity contribution is 7.99. The van der Waals surface area contributed by atoms with Crippen LogP contribution < -0.4 is 10.6 Å². The van der Waals surface area contributed by atoms with Gasteiger partial charge in [0.25, 0.3) is 5.91 Å². The van der Waals surface area contributed by atoms with Crippen molar-refractivity contribution in [3.05, 3.63) is 101 Å². The minimum Gasteiger partial charge on any atom is -0.345 e. The molecule has 0 fully saturated rings. The van der Waals surface area contributed by atoms with Gasteiger partial charge in [-0.1, -0.05) is 41.6 Å². The maximum absolute atomic E-state index is 14.1. The zero-order valence-electron chi connectivity index (χ0n) is 18.3. The predicted molar refractivity (Wildman–Crippen MR) is 130 cm³/mol. The van der Waals surface area contributed by atoms with Gasteiger partial charge in [-0.25, -0.2) is 13.2 Å². The smallest absolute Gasteiger partial charge is 0.256 e. The molecule has 2 amide bonds. The van der Waals surface area contributed by atoms with Gasteiger partial charge in [0, 0.05) is 5.69 Å². The van der Waals surface area contributed by atoms with E-state index in [2.05, 4.69) is 20.8 Å². The number of hydrogen-bond acceptors (Lipinski definition) is 5. The number of halogens is 4. The number of hydrogen-bond donors (Lipinski definition) is 2. The SMILES string of the molecule is O=C(CSc1nnc(CNC(=O)c2c(F)cccc2Cl)n1-c1ccc(F)cc1)Nc1ccccc1F. The van der Waals surface area contributed by atoms with Gasteiger partial charge in [0.2, 0.25) is 5.91 Å². The number of nitrogens with one attached hydrogen (secondary N) is 2. The quantitative estimate of drug-likeness (QED) is 0.312. The number of rotatable bonds is 8. The molecule has 1 heterocycles. The van der Waals surface area contributed by atoms with Crippen LogP contribution >= 0.6 is 23.4 Å². The van der Waals surface area contributed by atoms with Crippen LogP contribution in [-0.4, -0.2) is 32.3 Å². The van der Waals surface area contributed by atoms with Crippen LogP contribution in [0.5, 0.6) is 0 Å². The Morgan fingerprint density at radius 3 is 2.36 bits per heavy atom. The second kappa shape index (κ2) is 11.3. The number of nitrogens with zero attached hydrogens (tertiary/aromatic N) is 3. The molecule has 0 aliphatic carbocycles. The van der Waals surface area contributed by atoms with Crippen molar-refractivity contribution in [1.29, 1.82) is 0 Å². The van der Waals surface area contributed by atoms with E-state index >= 15 is 0 Å². The molecule has 3 aromatic carbocycles. The summed E-state index contributed by atoms with van der Waals surface area (Å²) in [7, 11) is 0. The summed E-state index contributed by atoms with van der Waals surface area (Å²) in [6.07, 6.45) is 0. The summed E-state index contributed by atoms with van der Waals surface area (Å²) in [5.41, 5.74) is 0.191. The topological polar surface area (TPSA) is 88.9 Å². The molecular weight excluding hydrogens is 515 g/mol. The molecule has 0 atom stereocenters. The molecule has 0 radical (unpaired) electrons. The first-order valence-corrected chi connectivity index (χ1v) is 11.8. The van der Waals surface area contributed by atoms with Crippen LogP contribution in [0.3, 0.4) is 0 Å². The van der Waals surface area contributed by atoms with Crippen LogP contribution in [0.2, 0.25) is 5.02 Å². The van der Waals surface area contributed by atoms with E-state index in [4.69, 9.17) is 11.6 Å². The molecule has 36 heavy (non-hydrogen) atoms. The molecule has 1 aromatic heterocycles. The lowest BCUT2D eigenvalue weighted by Gasteiger charge is -2.12. The molecule has 4 rings (SSSR count). The summed E-state index contributed by atoms with van der Waals surface area (Å²) >= 11 is 6.96. The van der Waals surface area contributed by atoms with Gasteiger partial charge in [-0.05, 0) is 48.5 Å². The summed E-state index contributed by atoms with van der Waals surface area (Å²) in [6, 6.07) is 15.0. The fourth-order valence-corrected chi connectivity index (χ4v) is 4.22. The molecule has 0 saturated heterocycles. The van der Waals surface area contributed by atoms with Crippen molar-refractivity contribution < 1.29 is 22.8 Å². The Labute approximate surface area is 212 Å². The minimum atomic E-state index is -0.780.